The zero-order chi connectivity index (χ0) is 23.5. The maximum atomic E-state index is 13.1. The first-order chi connectivity index (χ1) is 15.9. The van der Waals surface area contributed by atoms with Crippen molar-refractivity contribution in [1.82, 2.24) is 9.80 Å². The summed E-state index contributed by atoms with van der Waals surface area (Å²) >= 11 is 0. The number of rotatable bonds is 6. The molecule has 33 heavy (non-hydrogen) atoms. The highest BCUT2D eigenvalue weighted by molar-refractivity contribution is 6.46. The number of morpholine rings is 1. The molecule has 1 atom stereocenters. The highest BCUT2D eigenvalue weighted by Gasteiger charge is 2.46. The van der Waals surface area contributed by atoms with Gasteiger partial charge < -0.3 is 14.7 Å². The Hall–Kier alpha value is -3.56. The van der Waals surface area contributed by atoms with Crippen LogP contribution in [0, 0.1) is 17.0 Å². The molecule has 2 aliphatic heterocycles. The van der Waals surface area contributed by atoms with E-state index in [1.54, 1.807) is 12.1 Å². The monoisotopic (exact) mass is 451 g/mol. The largest absolute Gasteiger partial charge is 0.507 e. The van der Waals surface area contributed by atoms with Crippen LogP contribution in [0.3, 0.4) is 0 Å². The fourth-order valence-corrected chi connectivity index (χ4v) is 4.18. The Morgan fingerprint density at radius 3 is 2.30 bits per heavy atom. The van der Waals surface area contributed by atoms with Gasteiger partial charge in [-0.3, -0.25) is 24.6 Å². The molecule has 9 nitrogen and oxygen atoms in total. The number of ether oxygens (including phenoxy) is 1. The minimum atomic E-state index is -0.840. The molecule has 2 fully saturated rings. The molecule has 2 saturated heterocycles. The Morgan fingerprint density at radius 2 is 1.70 bits per heavy atom. The molecule has 2 aliphatic rings. The van der Waals surface area contributed by atoms with Crippen LogP contribution in [-0.4, -0.2) is 70.9 Å². The smallest absolute Gasteiger partial charge is 0.295 e. The van der Waals surface area contributed by atoms with Gasteiger partial charge in [0.1, 0.15) is 5.76 Å². The number of ketones is 1. The summed E-state index contributed by atoms with van der Waals surface area (Å²) in [6.45, 7) is 5.41. The number of aliphatic hydroxyl groups excluding tert-OH is 1. The lowest BCUT2D eigenvalue weighted by Gasteiger charge is -2.31. The van der Waals surface area contributed by atoms with Crippen molar-refractivity contribution in [3.63, 3.8) is 0 Å². The van der Waals surface area contributed by atoms with Crippen LogP contribution in [0.4, 0.5) is 5.69 Å². The molecule has 9 heteroatoms. The lowest BCUT2D eigenvalue weighted by Crippen LogP contribution is -2.42. The molecular weight excluding hydrogens is 426 g/mol. The molecule has 0 bridgehead atoms. The highest BCUT2D eigenvalue weighted by Crippen LogP contribution is 2.39. The van der Waals surface area contributed by atoms with Crippen molar-refractivity contribution in [2.75, 3.05) is 39.4 Å². The van der Waals surface area contributed by atoms with E-state index in [0.717, 1.165) is 18.7 Å². The molecule has 2 aromatic rings. The number of likely N-dealkylation sites (tertiary alicyclic amines) is 1. The molecule has 0 spiro atoms. The minimum Gasteiger partial charge on any atom is -0.507 e. The SMILES string of the molecule is Cc1ccc(C(O)=C2C(=O)C(=O)N(CCN3CCOCC3)[C@@H]2c2ccc([N+](=O)[O-])cc2)cc1. The van der Waals surface area contributed by atoms with Gasteiger partial charge in [-0.25, -0.2) is 0 Å². The van der Waals surface area contributed by atoms with Crippen LogP contribution in [0.25, 0.3) is 5.76 Å². The number of nitrogens with zero attached hydrogens (tertiary/aromatic N) is 3. The lowest BCUT2D eigenvalue weighted by atomic mass is 9.95. The number of nitro benzene ring substituents is 1. The predicted molar refractivity (Wildman–Crippen MR) is 121 cm³/mol. The van der Waals surface area contributed by atoms with Crippen molar-refractivity contribution >= 4 is 23.1 Å². The molecule has 2 heterocycles. The molecule has 0 aliphatic carbocycles. The number of amides is 1. The summed E-state index contributed by atoms with van der Waals surface area (Å²) in [4.78, 5) is 40.2. The second-order valence-corrected chi connectivity index (χ2v) is 8.16. The third-order valence-corrected chi connectivity index (χ3v) is 6.05. The average molecular weight is 451 g/mol. The fourth-order valence-electron chi connectivity index (χ4n) is 4.18. The van der Waals surface area contributed by atoms with Gasteiger partial charge in [0.25, 0.3) is 17.4 Å². The summed E-state index contributed by atoms with van der Waals surface area (Å²) < 4.78 is 5.36. The fraction of sp³-hybridized carbons (Fsp3) is 0.333. The molecule has 172 valence electrons. The van der Waals surface area contributed by atoms with Crippen LogP contribution in [0.5, 0.6) is 0 Å². The van der Waals surface area contributed by atoms with Crippen LogP contribution in [0.1, 0.15) is 22.7 Å². The van der Waals surface area contributed by atoms with Crippen LogP contribution in [0.2, 0.25) is 0 Å². The number of Topliss-reactive ketones (excluding diaryl/α,β-unsaturated/α-hetero) is 1. The van der Waals surface area contributed by atoms with Gasteiger partial charge in [-0.2, -0.15) is 0 Å². The van der Waals surface area contributed by atoms with E-state index >= 15 is 0 Å². The molecule has 0 radical (unpaired) electrons. The standard InChI is InChI=1S/C24H25N3O6/c1-16-2-4-18(5-3-16)22(28)20-21(17-6-8-19(9-7-17)27(31)32)26(24(30)23(20)29)11-10-25-12-14-33-15-13-25/h2-9,21,28H,10-15H2,1H3/t21-/m1/s1. The normalized spacial score (nSPS) is 20.9. The van der Waals surface area contributed by atoms with Crippen molar-refractivity contribution in [3.05, 3.63) is 80.9 Å². The van der Waals surface area contributed by atoms with Crippen LogP contribution in [-0.2, 0) is 14.3 Å². The molecule has 1 amide bonds. The van der Waals surface area contributed by atoms with Crippen molar-refractivity contribution in [2.45, 2.75) is 13.0 Å². The minimum absolute atomic E-state index is 0.0142. The van der Waals surface area contributed by atoms with Crippen molar-refractivity contribution in [1.29, 1.82) is 0 Å². The Balaban J connectivity index is 1.74. The Bertz CT molecular complexity index is 1090. The number of hydrogen-bond acceptors (Lipinski definition) is 7. The number of hydrogen-bond donors (Lipinski definition) is 1. The molecule has 0 aromatic heterocycles. The quantitative estimate of drug-likeness (QED) is 0.236. The molecule has 0 saturated carbocycles. The van der Waals surface area contributed by atoms with E-state index in [0.29, 0.717) is 30.9 Å². The molecular formula is C24H25N3O6. The molecule has 0 unspecified atom stereocenters. The number of carbonyl (C=O) groups is 2. The van der Waals surface area contributed by atoms with Gasteiger partial charge in [-0.1, -0.05) is 29.8 Å². The third kappa shape index (κ3) is 4.64. The van der Waals surface area contributed by atoms with Gasteiger partial charge in [0.2, 0.25) is 0 Å². The van der Waals surface area contributed by atoms with Gasteiger partial charge in [0.15, 0.2) is 0 Å². The van der Waals surface area contributed by atoms with E-state index in [-0.39, 0.29) is 23.6 Å². The summed E-state index contributed by atoms with van der Waals surface area (Å²) in [5.41, 5.74) is 1.83. The zero-order valence-electron chi connectivity index (χ0n) is 18.3. The average Bonchev–Trinajstić information content (AvgIpc) is 3.08. The van der Waals surface area contributed by atoms with Gasteiger partial charge >= 0.3 is 0 Å². The maximum absolute atomic E-state index is 13.1. The van der Waals surface area contributed by atoms with Crippen LogP contribution < -0.4 is 0 Å². The number of non-ortho nitro benzene ring substituents is 1. The van der Waals surface area contributed by atoms with Crippen molar-refractivity contribution in [2.24, 2.45) is 0 Å². The molecule has 4 rings (SSSR count). The Labute approximate surface area is 191 Å². The van der Waals surface area contributed by atoms with E-state index in [4.69, 9.17) is 4.74 Å². The Kier molecular flexibility index (Phi) is 6.52. The van der Waals surface area contributed by atoms with Crippen molar-refractivity contribution < 1.29 is 24.4 Å². The van der Waals surface area contributed by atoms with Crippen molar-refractivity contribution in [3.8, 4) is 0 Å². The molecule has 1 N–H and O–H groups in total. The second kappa shape index (κ2) is 9.51. The first-order valence-electron chi connectivity index (χ1n) is 10.8. The highest BCUT2D eigenvalue weighted by atomic mass is 16.6. The van der Waals surface area contributed by atoms with Crippen LogP contribution >= 0.6 is 0 Å². The number of aryl methyl sites for hydroxylation is 1. The first-order valence-corrected chi connectivity index (χ1v) is 10.8. The first kappa shape index (κ1) is 22.6. The van der Waals surface area contributed by atoms with Gasteiger partial charge in [-0.05, 0) is 24.6 Å². The second-order valence-electron chi connectivity index (χ2n) is 8.16. The zero-order valence-corrected chi connectivity index (χ0v) is 18.3. The maximum Gasteiger partial charge on any atom is 0.295 e. The third-order valence-electron chi connectivity index (χ3n) is 6.05. The number of nitro groups is 1. The number of benzene rings is 2. The van der Waals surface area contributed by atoms with Gasteiger partial charge in [-0.15, -0.1) is 0 Å². The number of aliphatic hydroxyl groups is 1. The summed E-state index contributed by atoms with van der Waals surface area (Å²) in [7, 11) is 0. The van der Waals surface area contributed by atoms with E-state index in [1.165, 1.54) is 29.2 Å². The Morgan fingerprint density at radius 1 is 1.06 bits per heavy atom. The van der Waals surface area contributed by atoms with E-state index in [1.807, 2.05) is 19.1 Å². The van der Waals surface area contributed by atoms with E-state index < -0.39 is 22.7 Å². The topological polar surface area (TPSA) is 113 Å². The predicted octanol–water partition coefficient (Wildman–Crippen LogP) is 2.66. The van der Waals surface area contributed by atoms with Crippen LogP contribution in [0.15, 0.2) is 54.1 Å². The summed E-state index contributed by atoms with van der Waals surface area (Å²) in [6.07, 6.45) is 0. The summed E-state index contributed by atoms with van der Waals surface area (Å²) in [5.74, 6) is -1.72. The molecule has 2 aromatic carbocycles. The number of carbonyl (C=O) groups excluding carboxylic acids is 2. The van der Waals surface area contributed by atoms with E-state index in [2.05, 4.69) is 4.90 Å². The van der Waals surface area contributed by atoms with E-state index in [9.17, 15) is 24.8 Å². The van der Waals surface area contributed by atoms with Gasteiger partial charge in [0, 0.05) is 43.9 Å². The summed E-state index contributed by atoms with van der Waals surface area (Å²) in [6, 6.07) is 11.9. The lowest BCUT2D eigenvalue weighted by molar-refractivity contribution is -0.384. The van der Waals surface area contributed by atoms with Gasteiger partial charge in [0.05, 0.1) is 29.8 Å². The summed E-state index contributed by atoms with van der Waals surface area (Å²) in [5, 5.41) is 22.1.